The molecule has 1 fully saturated rings. The maximum absolute atomic E-state index is 13.1. The fourth-order valence-corrected chi connectivity index (χ4v) is 6.34. The number of amides is 1. The van der Waals surface area contributed by atoms with E-state index in [9.17, 15) is 4.79 Å². The van der Waals surface area contributed by atoms with Gasteiger partial charge < -0.3 is 4.90 Å². The topological polar surface area (TPSA) is 33.2 Å². The SMILES string of the molecule is O=C(CSc1nc2ccccc2s1)N1c2ccccc2[C@@H]2CCCC[C@@H]21. The van der Waals surface area contributed by atoms with Gasteiger partial charge in [-0.05, 0) is 36.6 Å². The standard InChI is InChI=1S/C21H20N2OS2/c24-20(13-25-21-22-16-9-3-6-12-19(16)26-21)23-17-10-4-1-7-14(17)15-8-2-5-11-18(15)23/h1,3-4,6-7,9-10,12,15,18H,2,5,8,11,13H2/t15-,18-/m0/s1. The van der Waals surface area contributed by atoms with Crippen molar-refractivity contribution in [2.24, 2.45) is 0 Å². The van der Waals surface area contributed by atoms with Crippen molar-refractivity contribution in [2.75, 3.05) is 10.7 Å². The lowest BCUT2D eigenvalue weighted by atomic mass is 9.82. The molecule has 3 nitrogen and oxygen atoms in total. The first kappa shape index (κ1) is 16.3. The van der Waals surface area contributed by atoms with Gasteiger partial charge in [0, 0.05) is 17.6 Å². The van der Waals surface area contributed by atoms with Gasteiger partial charge in [0.2, 0.25) is 5.91 Å². The number of nitrogens with zero attached hydrogens (tertiary/aromatic N) is 2. The van der Waals surface area contributed by atoms with Crippen LogP contribution in [0.5, 0.6) is 0 Å². The van der Waals surface area contributed by atoms with Crippen LogP contribution in [-0.4, -0.2) is 22.7 Å². The van der Waals surface area contributed by atoms with Crippen molar-refractivity contribution < 1.29 is 4.79 Å². The lowest BCUT2D eigenvalue weighted by molar-refractivity contribution is -0.116. The third kappa shape index (κ3) is 2.74. The molecule has 1 aromatic heterocycles. The molecule has 0 saturated heterocycles. The largest absolute Gasteiger partial charge is 0.308 e. The van der Waals surface area contributed by atoms with E-state index >= 15 is 0 Å². The molecule has 2 heterocycles. The van der Waals surface area contributed by atoms with E-state index in [1.54, 1.807) is 23.1 Å². The third-order valence-electron chi connectivity index (χ3n) is 5.52. The predicted molar refractivity (Wildman–Crippen MR) is 109 cm³/mol. The Hall–Kier alpha value is -1.85. The number of thiazole rings is 1. The summed E-state index contributed by atoms with van der Waals surface area (Å²) in [5.74, 6) is 1.20. The maximum atomic E-state index is 13.1. The van der Waals surface area contributed by atoms with Crippen LogP contribution in [-0.2, 0) is 4.79 Å². The summed E-state index contributed by atoms with van der Waals surface area (Å²) in [6.07, 6.45) is 4.83. The van der Waals surface area contributed by atoms with Gasteiger partial charge in [-0.15, -0.1) is 11.3 Å². The first-order valence-corrected chi connectivity index (χ1v) is 11.0. The first-order chi connectivity index (χ1) is 12.8. The molecule has 132 valence electrons. The van der Waals surface area contributed by atoms with Crippen LogP contribution in [0, 0.1) is 0 Å². The van der Waals surface area contributed by atoms with Crippen molar-refractivity contribution in [3.05, 3.63) is 54.1 Å². The van der Waals surface area contributed by atoms with Crippen molar-refractivity contribution in [1.82, 2.24) is 4.98 Å². The van der Waals surface area contributed by atoms with E-state index in [-0.39, 0.29) is 5.91 Å². The number of hydrogen-bond acceptors (Lipinski definition) is 4. The van der Waals surface area contributed by atoms with E-state index in [2.05, 4.69) is 40.2 Å². The summed E-state index contributed by atoms with van der Waals surface area (Å²) in [5.41, 5.74) is 3.53. The molecule has 26 heavy (non-hydrogen) atoms. The number of fused-ring (bicyclic) bond motifs is 4. The highest BCUT2D eigenvalue weighted by Crippen LogP contribution is 2.48. The van der Waals surface area contributed by atoms with Crippen LogP contribution in [0.15, 0.2) is 52.9 Å². The van der Waals surface area contributed by atoms with Crippen LogP contribution in [0.4, 0.5) is 5.69 Å². The number of aromatic nitrogens is 1. The number of rotatable bonds is 3. The Morgan fingerprint density at radius 2 is 1.92 bits per heavy atom. The Kier molecular flexibility index (Phi) is 4.21. The summed E-state index contributed by atoms with van der Waals surface area (Å²) >= 11 is 3.24. The molecule has 1 amide bonds. The zero-order chi connectivity index (χ0) is 17.5. The summed E-state index contributed by atoms with van der Waals surface area (Å²) in [5, 5.41) is 0. The van der Waals surface area contributed by atoms with Crippen LogP contribution in [0.25, 0.3) is 10.2 Å². The van der Waals surface area contributed by atoms with Crippen molar-refractivity contribution in [3.63, 3.8) is 0 Å². The van der Waals surface area contributed by atoms with Crippen molar-refractivity contribution >= 4 is 44.9 Å². The van der Waals surface area contributed by atoms with Gasteiger partial charge in [0.1, 0.15) is 0 Å². The fourth-order valence-electron chi connectivity index (χ4n) is 4.41. The highest BCUT2D eigenvalue weighted by Gasteiger charge is 2.42. The Labute approximate surface area is 161 Å². The third-order valence-corrected chi connectivity index (χ3v) is 7.68. The summed E-state index contributed by atoms with van der Waals surface area (Å²) in [6.45, 7) is 0. The molecule has 2 atom stereocenters. The second-order valence-electron chi connectivity index (χ2n) is 7.02. The molecular formula is C21H20N2OS2. The molecule has 3 aromatic rings. The molecule has 0 unspecified atom stereocenters. The molecule has 1 aliphatic carbocycles. The Morgan fingerprint density at radius 1 is 1.12 bits per heavy atom. The van der Waals surface area contributed by atoms with Gasteiger partial charge in [-0.2, -0.15) is 0 Å². The number of thioether (sulfide) groups is 1. The van der Waals surface area contributed by atoms with E-state index < -0.39 is 0 Å². The molecule has 1 saturated carbocycles. The minimum atomic E-state index is 0.219. The van der Waals surface area contributed by atoms with Crippen molar-refractivity contribution in [3.8, 4) is 0 Å². The van der Waals surface area contributed by atoms with Crippen LogP contribution in [0.1, 0.15) is 37.2 Å². The molecule has 0 spiro atoms. The lowest BCUT2D eigenvalue weighted by Gasteiger charge is -2.32. The van der Waals surface area contributed by atoms with Gasteiger partial charge in [0.05, 0.1) is 16.0 Å². The molecule has 0 radical (unpaired) electrons. The number of para-hydroxylation sites is 2. The van der Waals surface area contributed by atoms with Crippen LogP contribution < -0.4 is 4.90 Å². The van der Waals surface area contributed by atoms with E-state index in [4.69, 9.17) is 0 Å². The van der Waals surface area contributed by atoms with E-state index in [1.807, 2.05) is 18.2 Å². The number of hydrogen-bond donors (Lipinski definition) is 0. The van der Waals surface area contributed by atoms with E-state index in [1.165, 1.54) is 29.5 Å². The van der Waals surface area contributed by atoms with Crippen molar-refractivity contribution in [2.45, 2.75) is 42.0 Å². The first-order valence-electron chi connectivity index (χ1n) is 9.20. The van der Waals surface area contributed by atoms with Gasteiger partial charge in [-0.3, -0.25) is 4.79 Å². The molecule has 2 aromatic carbocycles. The molecule has 0 bridgehead atoms. The van der Waals surface area contributed by atoms with Gasteiger partial charge in [0.25, 0.3) is 0 Å². The molecular weight excluding hydrogens is 360 g/mol. The Bertz CT molecular complexity index is 934. The van der Waals surface area contributed by atoms with E-state index in [0.29, 0.717) is 17.7 Å². The highest BCUT2D eigenvalue weighted by atomic mass is 32.2. The Balaban J connectivity index is 1.37. The Morgan fingerprint density at radius 3 is 2.85 bits per heavy atom. The summed E-state index contributed by atoms with van der Waals surface area (Å²) in [7, 11) is 0. The average molecular weight is 381 g/mol. The van der Waals surface area contributed by atoms with Gasteiger partial charge in [0.15, 0.2) is 4.34 Å². The van der Waals surface area contributed by atoms with Gasteiger partial charge in [-0.25, -0.2) is 4.98 Å². The predicted octanol–water partition coefficient (Wildman–Crippen LogP) is 5.46. The molecule has 5 heteroatoms. The maximum Gasteiger partial charge on any atom is 0.237 e. The number of benzene rings is 2. The molecule has 5 rings (SSSR count). The van der Waals surface area contributed by atoms with Gasteiger partial charge in [-0.1, -0.05) is 54.9 Å². The zero-order valence-corrected chi connectivity index (χ0v) is 16.1. The normalized spacial score (nSPS) is 21.6. The molecule has 2 aliphatic rings. The van der Waals surface area contributed by atoms with Crippen LogP contribution >= 0.6 is 23.1 Å². The number of carbonyl (C=O) groups excluding carboxylic acids is 1. The smallest absolute Gasteiger partial charge is 0.237 e. The fraction of sp³-hybridized carbons (Fsp3) is 0.333. The minimum Gasteiger partial charge on any atom is -0.308 e. The quantitative estimate of drug-likeness (QED) is 0.566. The zero-order valence-electron chi connectivity index (χ0n) is 14.4. The molecule has 1 aliphatic heterocycles. The summed E-state index contributed by atoms with van der Waals surface area (Å²) in [4.78, 5) is 19.9. The lowest BCUT2D eigenvalue weighted by Crippen LogP contribution is -2.41. The number of carbonyl (C=O) groups is 1. The summed E-state index contributed by atoms with van der Waals surface area (Å²) < 4.78 is 2.16. The van der Waals surface area contributed by atoms with E-state index in [0.717, 1.165) is 22.0 Å². The highest BCUT2D eigenvalue weighted by molar-refractivity contribution is 8.01. The minimum absolute atomic E-state index is 0.219. The van der Waals surface area contributed by atoms with Crippen LogP contribution in [0.3, 0.4) is 0 Å². The summed E-state index contributed by atoms with van der Waals surface area (Å²) in [6, 6.07) is 17.0. The van der Waals surface area contributed by atoms with Crippen molar-refractivity contribution in [1.29, 1.82) is 0 Å². The van der Waals surface area contributed by atoms with Gasteiger partial charge >= 0.3 is 0 Å². The van der Waals surface area contributed by atoms with Crippen LogP contribution in [0.2, 0.25) is 0 Å². The second-order valence-corrected chi connectivity index (χ2v) is 9.27. The average Bonchev–Trinajstić information content (AvgIpc) is 3.25. The second kappa shape index (κ2) is 6.71. The number of anilines is 1. The molecule has 0 N–H and O–H groups in total. The monoisotopic (exact) mass is 380 g/mol.